The summed E-state index contributed by atoms with van der Waals surface area (Å²) in [6, 6.07) is 4.06. The number of hydrogen-bond donors (Lipinski definition) is 1. The molecule has 2 N–H and O–H groups in total. The molecule has 0 amide bonds. The summed E-state index contributed by atoms with van der Waals surface area (Å²) in [5.74, 6) is 0.533. The summed E-state index contributed by atoms with van der Waals surface area (Å²) in [5, 5.41) is 6.15. The molecule has 13 heavy (non-hydrogen) atoms. The van der Waals surface area contributed by atoms with Crippen LogP contribution < -0.4 is 5.73 Å². The molecular formula is C8H8BrN3S. The molecule has 68 valence electrons. The van der Waals surface area contributed by atoms with E-state index in [9.17, 15) is 0 Å². The Kier molecular flexibility index (Phi) is 2.13. The van der Waals surface area contributed by atoms with E-state index in [4.69, 9.17) is 5.73 Å². The summed E-state index contributed by atoms with van der Waals surface area (Å²) in [6.45, 7) is 0. The number of hydrogen-bond acceptors (Lipinski definition) is 3. The van der Waals surface area contributed by atoms with Crippen LogP contribution in [0.3, 0.4) is 0 Å². The second kappa shape index (κ2) is 3.16. The highest BCUT2D eigenvalue weighted by atomic mass is 79.9. The van der Waals surface area contributed by atoms with Gasteiger partial charge in [-0.3, -0.25) is 4.68 Å². The molecule has 0 radical (unpaired) electrons. The molecule has 2 rings (SSSR count). The van der Waals surface area contributed by atoms with Gasteiger partial charge in [0.05, 0.1) is 15.0 Å². The average Bonchev–Trinajstić information content (AvgIpc) is 2.63. The van der Waals surface area contributed by atoms with E-state index in [0.29, 0.717) is 5.82 Å². The van der Waals surface area contributed by atoms with Crippen LogP contribution in [0.5, 0.6) is 0 Å². The first-order valence-electron chi connectivity index (χ1n) is 3.72. The van der Waals surface area contributed by atoms with Crippen LogP contribution in [0.25, 0.3) is 10.6 Å². The lowest BCUT2D eigenvalue weighted by molar-refractivity contribution is 0.781. The summed E-state index contributed by atoms with van der Waals surface area (Å²) in [4.78, 5) is 1.17. The molecule has 0 unspecified atom stereocenters. The maximum atomic E-state index is 5.67. The zero-order valence-corrected chi connectivity index (χ0v) is 9.39. The van der Waals surface area contributed by atoms with Crippen LogP contribution in [0, 0.1) is 0 Å². The second-order valence-electron chi connectivity index (χ2n) is 2.65. The predicted octanol–water partition coefficient (Wildman–Crippen LogP) is 2.49. The molecule has 5 heteroatoms. The van der Waals surface area contributed by atoms with Crippen molar-refractivity contribution >= 4 is 33.1 Å². The first-order chi connectivity index (χ1) is 6.20. The number of aromatic nitrogens is 2. The molecule has 2 heterocycles. The van der Waals surface area contributed by atoms with Gasteiger partial charge in [-0.1, -0.05) is 6.07 Å². The van der Waals surface area contributed by atoms with Crippen molar-refractivity contribution in [3.63, 3.8) is 0 Å². The van der Waals surface area contributed by atoms with Crippen LogP contribution in [-0.2, 0) is 7.05 Å². The summed E-state index contributed by atoms with van der Waals surface area (Å²) >= 11 is 5.09. The minimum atomic E-state index is 0.533. The van der Waals surface area contributed by atoms with Crippen molar-refractivity contribution in [2.24, 2.45) is 7.05 Å². The van der Waals surface area contributed by atoms with Gasteiger partial charge in [-0.25, -0.2) is 0 Å². The fourth-order valence-corrected chi connectivity index (χ4v) is 2.69. The molecule has 0 atom stereocenters. The molecule has 0 fully saturated rings. The molecule has 2 aromatic heterocycles. The highest BCUT2D eigenvalue weighted by molar-refractivity contribution is 9.10. The van der Waals surface area contributed by atoms with Gasteiger partial charge in [-0.2, -0.15) is 5.10 Å². The quantitative estimate of drug-likeness (QED) is 0.854. The number of nitrogens with two attached hydrogens (primary N) is 1. The van der Waals surface area contributed by atoms with E-state index in [1.165, 1.54) is 4.88 Å². The van der Waals surface area contributed by atoms with Crippen LogP contribution >= 0.6 is 27.3 Å². The number of anilines is 1. The van der Waals surface area contributed by atoms with Gasteiger partial charge < -0.3 is 5.73 Å². The molecule has 0 aliphatic carbocycles. The Morgan fingerprint density at radius 3 is 2.85 bits per heavy atom. The number of thiophene rings is 1. The van der Waals surface area contributed by atoms with Crippen molar-refractivity contribution in [2.75, 3.05) is 5.73 Å². The topological polar surface area (TPSA) is 43.8 Å². The van der Waals surface area contributed by atoms with E-state index in [1.54, 1.807) is 16.0 Å². The van der Waals surface area contributed by atoms with Crippen molar-refractivity contribution in [2.45, 2.75) is 0 Å². The third-order valence-corrected chi connectivity index (χ3v) is 3.43. The van der Waals surface area contributed by atoms with Gasteiger partial charge in [-0.15, -0.1) is 11.3 Å². The largest absolute Gasteiger partial charge is 0.381 e. The number of nitrogens with zero attached hydrogens (tertiary/aromatic N) is 2. The summed E-state index contributed by atoms with van der Waals surface area (Å²) in [7, 11) is 1.89. The molecule has 0 bridgehead atoms. The van der Waals surface area contributed by atoms with Crippen molar-refractivity contribution in [1.29, 1.82) is 0 Å². The van der Waals surface area contributed by atoms with Gasteiger partial charge in [0.1, 0.15) is 0 Å². The number of nitrogen functional groups attached to an aromatic ring is 1. The minimum absolute atomic E-state index is 0.533. The normalized spacial score (nSPS) is 10.6. The monoisotopic (exact) mass is 257 g/mol. The van der Waals surface area contributed by atoms with Crippen molar-refractivity contribution in [3.05, 3.63) is 22.0 Å². The Balaban J connectivity index is 2.64. The number of rotatable bonds is 1. The molecule has 0 aromatic carbocycles. The van der Waals surface area contributed by atoms with Gasteiger partial charge in [-0.05, 0) is 27.4 Å². The van der Waals surface area contributed by atoms with Crippen molar-refractivity contribution in [3.8, 4) is 10.6 Å². The summed E-state index contributed by atoms with van der Waals surface area (Å²) < 4.78 is 2.66. The van der Waals surface area contributed by atoms with Crippen molar-refractivity contribution < 1.29 is 0 Å². The van der Waals surface area contributed by atoms with Crippen LogP contribution in [-0.4, -0.2) is 9.78 Å². The molecule has 0 aliphatic heterocycles. The van der Waals surface area contributed by atoms with E-state index in [-0.39, 0.29) is 0 Å². The fraction of sp³-hybridized carbons (Fsp3) is 0.125. The Morgan fingerprint density at radius 2 is 2.38 bits per heavy atom. The zero-order chi connectivity index (χ0) is 9.42. The zero-order valence-electron chi connectivity index (χ0n) is 6.99. The Hall–Kier alpha value is -0.810. The molecule has 0 spiro atoms. The van der Waals surface area contributed by atoms with Crippen LogP contribution in [0.15, 0.2) is 22.0 Å². The first kappa shape index (κ1) is 8.77. The van der Waals surface area contributed by atoms with E-state index in [0.717, 1.165) is 10.2 Å². The smallest absolute Gasteiger partial charge is 0.160 e. The SMILES string of the molecule is Cn1nc(N)c(Br)c1-c1cccs1. The number of aryl methyl sites for hydroxylation is 1. The van der Waals surface area contributed by atoms with Gasteiger partial charge in [0.25, 0.3) is 0 Å². The van der Waals surface area contributed by atoms with Crippen LogP contribution in [0.4, 0.5) is 5.82 Å². The third kappa shape index (κ3) is 1.38. The molecule has 0 saturated carbocycles. The van der Waals surface area contributed by atoms with Gasteiger partial charge in [0.15, 0.2) is 5.82 Å². The van der Waals surface area contributed by atoms with Crippen LogP contribution in [0.2, 0.25) is 0 Å². The lowest BCUT2D eigenvalue weighted by Gasteiger charge is -1.97. The lowest BCUT2D eigenvalue weighted by atomic mass is 10.3. The van der Waals surface area contributed by atoms with Gasteiger partial charge in [0.2, 0.25) is 0 Å². The third-order valence-electron chi connectivity index (χ3n) is 1.77. The molecule has 0 aliphatic rings. The standard InChI is InChI=1S/C8H8BrN3S/c1-12-7(5-3-2-4-13-5)6(9)8(10)11-12/h2-4H,1H3,(H2,10,11). The maximum absolute atomic E-state index is 5.67. The van der Waals surface area contributed by atoms with Gasteiger partial charge >= 0.3 is 0 Å². The molecule has 2 aromatic rings. The van der Waals surface area contributed by atoms with E-state index < -0.39 is 0 Å². The maximum Gasteiger partial charge on any atom is 0.160 e. The fourth-order valence-electron chi connectivity index (χ4n) is 1.20. The minimum Gasteiger partial charge on any atom is -0.381 e. The van der Waals surface area contributed by atoms with E-state index >= 15 is 0 Å². The molecule has 0 saturated heterocycles. The summed E-state index contributed by atoms with van der Waals surface area (Å²) in [5.41, 5.74) is 6.71. The predicted molar refractivity (Wildman–Crippen MR) is 58.6 cm³/mol. The second-order valence-corrected chi connectivity index (χ2v) is 4.39. The highest BCUT2D eigenvalue weighted by Crippen LogP contribution is 2.34. The van der Waals surface area contributed by atoms with Crippen molar-refractivity contribution in [1.82, 2.24) is 9.78 Å². The Bertz CT molecular complexity index is 419. The lowest BCUT2D eigenvalue weighted by Crippen LogP contribution is -1.93. The summed E-state index contributed by atoms with van der Waals surface area (Å²) in [6.07, 6.45) is 0. The first-order valence-corrected chi connectivity index (χ1v) is 5.39. The average molecular weight is 258 g/mol. The highest BCUT2D eigenvalue weighted by Gasteiger charge is 2.13. The number of halogens is 1. The molecular weight excluding hydrogens is 250 g/mol. The van der Waals surface area contributed by atoms with E-state index in [1.807, 2.05) is 24.6 Å². The van der Waals surface area contributed by atoms with E-state index in [2.05, 4.69) is 21.0 Å². The van der Waals surface area contributed by atoms with Gasteiger partial charge in [0, 0.05) is 7.05 Å². The Morgan fingerprint density at radius 1 is 1.62 bits per heavy atom. The van der Waals surface area contributed by atoms with Crippen LogP contribution in [0.1, 0.15) is 0 Å². The Labute approximate surface area is 88.3 Å². The molecule has 3 nitrogen and oxygen atoms in total.